The van der Waals surface area contributed by atoms with Gasteiger partial charge < -0.3 is 21.6 Å². The van der Waals surface area contributed by atoms with E-state index in [4.69, 9.17) is 21.6 Å². The fourth-order valence-electron chi connectivity index (χ4n) is 1.27. The van der Waals surface area contributed by atoms with E-state index in [-0.39, 0.29) is 37.7 Å². The molecule has 0 saturated carbocycles. The first-order valence-electron chi connectivity index (χ1n) is 5.21. The van der Waals surface area contributed by atoms with E-state index in [9.17, 15) is 0 Å². The van der Waals surface area contributed by atoms with Crippen molar-refractivity contribution in [1.29, 1.82) is 21.6 Å². The normalized spacial score (nSPS) is 7.78. The van der Waals surface area contributed by atoms with Crippen molar-refractivity contribution in [3.63, 3.8) is 0 Å². The maximum Gasteiger partial charge on any atom is 1.00 e. The minimum atomic E-state index is 0. The maximum atomic E-state index is 6.85. The van der Waals surface area contributed by atoms with Crippen LogP contribution in [0, 0.1) is 21.6 Å². The molecule has 0 fully saturated rings. The Morgan fingerprint density at radius 2 is 1.06 bits per heavy atom. The molecule has 0 saturated heterocycles. The van der Waals surface area contributed by atoms with Crippen LogP contribution in [0.2, 0.25) is 0 Å². The van der Waals surface area contributed by atoms with E-state index in [2.05, 4.69) is 24.2 Å². The smallest absolute Gasteiger partial charge is 0.411 e. The Balaban J connectivity index is -0.00000112. The number of nitrogens with one attached hydrogen (secondary N) is 4. The molecule has 0 bridgehead atoms. The van der Waals surface area contributed by atoms with Crippen LogP contribution in [0.15, 0.2) is 11.1 Å². The molecular formula is C12H16Li2N4. The minimum Gasteiger partial charge on any atom is -0.411 e. The Morgan fingerprint density at radius 1 is 0.722 bits per heavy atom. The Hall–Kier alpha value is -0.565. The third kappa shape index (κ3) is 11.9. The van der Waals surface area contributed by atoms with Crippen molar-refractivity contribution in [1.82, 2.24) is 0 Å². The van der Waals surface area contributed by atoms with Crippen molar-refractivity contribution in [2.24, 2.45) is 0 Å². The fourth-order valence-corrected chi connectivity index (χ4v) is 1.27. The standard InChI is InChI=1S/C12H16N4.2Li/c13-7-11(8-14)5-3-1-2-4-6-12(9-15)10-16;;/h13-16H,1-6H2;;/q-2;2*+1. The van der Waals surface area contributed by atoms with Gasteiger partial charge in [0.2, 0.25) is 0 Å². The molecule has 0 heterocycles. The van der Waals surface area contributed by atoms with Gasteiger partial charge in [0.15, 0.2) is 0 Å². The summed E-state index contributed by atoms with van der Waals surface area (Å²) in [6.45, 7) is 0. The molecule has 0 aromatic carbocycles. The second-order valence-electron chi connectivity index (χ2n) is 3.37. The van der Waals surface area contributed by atoms with Gasteiger partial charge in [0.1, 0.15) is 0 Å². The van der Waals surface area contributed by atoms with Gasteiger partial charge in [-0.15, -0.1) is 12.4 Å². The Morgan fingerprint density at radius 3 is 1.28 bits per heavy atom. The minimum absolute atomic E-state index is 0. The van der Waals surface area contributed by atoms with E-state index in [1.807, 2.05) is 0 Å². The molecule has 0 radical (unpaired) electrons. The van der Waals surface area contributed by atoms with Gasteiger partial charge in [0.25, 0.3) is 0 Å². The molecule has 0 unspecified atom stereocenters. The second-order valence-corrected chi connectivity index (χ2v) is 3.37. The SMILES string of the molecule is N=C=C([C-]=N)CCCCCCC(=C=N)[C-]=N.[Li+].[Li+]. The molecular weight excluding hydrogens is 214 g/mol. The summed E-state index contributed by atoms with van der Waals surface area (Å²) < 4.78 is 0. The number of allylic oxidation sites excluding steroid dienone is 2. The molecule has 0 amide bonds. The maximum absolute atomic E-state index is 6.85. The molecule has 6 heteroatoms. The van der Waals surface area contributed by atoms with Crippen LogP contribution in [0.5, 0.6) is 0 Å². The van der Waals surface area contributed by atoms with Crippen LogP contribution in [-0.2, 0) is 0 Å². The van der Waals surface area contributed by atoms with Gasteiger partial charge >= 0.3 is 37.7 Å². The molecule has 86 valence electrons. The summed E-state index contributed by atoms with van der Waals surface area (Å²) in [7, 11) is 0. The number of rotatable bonds is 9. The molecule has 0 rings (SSSR count). The van der Waals surface area contributed by atoms with Crippen LogP contribution < -0.4 is 37.7 Å². The Labute approximate surface area is 133 Å². The van der Waals surface area contributed by atoms with Crippen LogP contribution in [0.1, 0.15) is 38.5 Å². The third-order valence-electron chi connectivity index (χ3n) is 2.21. The Bertz CT molecular complexity index is 306. The van der Waals surface area contributed by atoms with Gasteiger partial charge in [0, 0.05) is 0 Å². The number of hydrogen-bond donors (Lipinski definition) is 4. The van der Waals surface area contributed by atoms with Crippen LogP contribution in [0.4, 0.5) is 0 Å². The average Bonchev–Trinajstić information content (AvgIpc) is 2.33. The molecule has 0 aliphatic rings. The van der Waals surface area contributed by atoms with E-state index >= 15 is 0 Å². The predicted octanol–water partition coefficient (Wildman–Crippen LogP) is -3.26. The molecule has 0 spiro atoms. The van der Waals surface area contributed by atoms with Crippen molar-refractivity contribution in [3.8, 4) is 0 Å². The molecule has 0 aliphatic carbocycles. The fraction of sp³-hybridized carbons (Fsp3) is 0.500. The zero-order valence-corrected chi connectivity index (χ0v) is 11.2. The van der Waals surface area contributed by atoms with E-state index in [1.165, 1.54) is 0 Å². The van der Waals surface area contributed by atoms with Crippen molar-refractivity contribution >= 4 is 24.2 Å². The van der Waals surface area contributed by atoms with Gasteiger partial charge in [-0.3, -0.25) is 11.7 Å². The molecule has 18 heavy (non-hydrogen) atoms. The third-order valence-corrected chi connectivity index (χ3v) is 2.21. The van der Waals surface area contributed by atoms with E-state index in [0.717, 1.165) is 25.7 Å². The molecule has 4 nitrogen and oxygen atoms in total. The summed E-state index contributed by atoms with van der Waals surface area (Å²) in [5.41, 5.74) is 1.01. The molecule has 0 aromatic heterocycles. The van der Waals surface area contributed by atoms with Crippen LogP contribution in [0.3, 0.4) is 0 Å². The summed E-state index contributed by atoms with van der Waals surface area (Å²) >= 11 is 0. The Kier molecular flexibility index (Phi) is 20.6. The summed E-state index contributed by atoms with van der Waals surface area (Å²) in [4.78, 5) is 0. The zero-order valence-electron chi connectivity index (χ0n) is 11.2. The van der Waals surface area contributed by atoms with Crippen LogP contribution in [-0.4, -0.2) is 24.2 Å². The topological polar surface area (TPSA) is 95.4 Å². The second kappa shape index (κ2) is 16.4. The number of unbranched alkanes of at least 4 members (excludes halogenated alkanes) is 3. The summed E-state index contributed by atoms with van der Waals surface area (Å²) in [6.07, 6.45) is 9.57. The summed E-state index contributed by atoms with van der Waals surface area (Å²) in [5.74, 6) is 4.35. The van der Waals surface area contributed by atoms with Gasteiger partial charge in [-0.1, -0.05) is 38.5 Å². The predicted molar refractivity (Wildman–Crippen MR) is 65.6 cm³/mol. The van der Waals surface area contributed by atoms with Crippen molar-refractivity contribution in [2.45, 2.75) is 38.5 Å². The zero-order chi connectivity index (χ0) is 12.2. The van der Waals surface area contributed by atoms with Gasteiger partial charge in [-0.25, -0.2) is 0 Å². The van der Waals surface area contributed by atoms with E-state index in [1.54, 1.807) is 0 Å². The van der Waals surface area contributed by atoms with Gasteiger partial charge in [0.05, 0.1) is 0 Å². The first-order chi connectivity index (χ1) is 7.78. The van der Waals surface area contributed by atoms with E-state index in [0.29, 0.717) is 24.0 Å². The van der Waals surface area contributed by atoms with Crippen LogP contribution >= 0.6 is 0 Å². The van der Waals surface area contributed by atoms with E-state index < -0.39 is 0 Å². The van der Waals surface area contributed by atoms with Crippen LogP contribution in [0.25, 0.3) is 0 Å². The van der Waals surface area contributed by atoms with Crippen molar-refractivity contribution in [3.05, 3.63) is 11.1 Å². The molecule has 0 aliphatic heterocycles. The summed E-state index contributed by atoms with van der Waals surface area (Å²) in [6, 6.07) is 0. The number of hydrogen-bond acceptors (Lipinski definition) is 4. The monoisotopic (exact) mass is 230 g/mol. The molecule has 0 aromatic rings. The first kappa shape index (κ1) is 22.6. The van der Waals surface area contributed by atoms with Crippen molar-refractivity contribution in [2.75, 3.05) is 0 Å². The van der Waals surface area contributed by atoms with Gasteiger partial charge in [-0.2, -0.15) is 11.1 Å². The largest absolute Gasteiger partial charge is 1.00 e. The molecule has 0 atom stereocenters. The quantitative estimate of drug-likeness (QED) is 0.138. The molecule has 4 N–H and O–H groups in total. The first-order valence-corrected chi connectivity index (χ1v) is 5.21. The van der Waals surface area contributed by atoms with Gasteiger partial charge in [-0.05, 0) is 0 Å². The summed E-state index contributed by atoms with van der Waals surface area (Å²) in [5, 5.41) is 27.4. The average molecular weight is 230 g/mol. The van der Waals surface area contributed by atoms with Crippen molar-refractivity contribution < 1.29 is 37.7 Å².